The van der Waals surface area contributed by atoms with Gasteiger partial charge in [-0.25, -0.2) is 0 Å². The number of hydrogen-bond acceptors (Lipinski definition) is 3. The molecule has 116 valence electrons. The Bertz CT molecular complexity index is 469. The fourth-order valence-electron chi connectivity index (χ4n) is 3.76. The predicted octanol–water partition coefficient (Wildman–Crippen LogP) is 3.99. The van der Waals surface area contributed by atoms with Gasteiger partial charge in [0.15, 0.2) is 0 Å². The maximum atomic E-state index is 11.7. The van der Waals surface area contributed by atoms with Crippen molar-refractivity contribution in [2.75, 3.05) is 0 Å². The zero-order chi connectivity index (χ0) is 14.8. The molecule has 3 unspecified atom stereocenters. The quantitative estimate of drug-likeness (QED) is 0.864. The van der Waals surface area contributed by atoms with Crippen LogP contribution < -0.4 is 0 Å². The van der Waals surface area contributed by atoms with Crippen molar-refractivity contribution in [2.45, 2.75) is 64.1 Å². The molecule has 1 aromatic heterocycles. The van der Waals surface area contributed by atoms with Crippen LogP contribution in [0.3, 0.4) is 0 Å². The van der Waals surface area contributed by atoms with Crippen LogP contribution >= 0.6 is 11.3 Å². The molecule has 1 aromatic rings. The minimum absolute atomic E-state index is 0.173. The highest BCUT2D eigenvalue weighted by molar-refractivity contribution is 7.09. The summed E-state index contributed by atoms with van der Waals surface area (Å²) in [5.41, 5.74) is 0. The van der Waals surface area contributed by atoms with Crippen LogP contribution in [0.25, 0.3) is 0 Å². The monoisotopic (exact) mass is 307 g/mol. The third-order valence-corrected chi connectivity index (χ3v) is 6.04. The van der Waals surface area contributed by atoms with Crippen molar-refractivity contribution in [2.24, 2.45) is 11.8 Å². The summed E-state index contributed by atoms with van der Waals surface area (Å²) < 4.78 is 0. The molecule has 0 aromatic carbocycles. The Morgan fingerprint density at radius 3 is 2.76 bits per heavy atom. The highest BCUT2D eigenvalue weighted by Crippen LogP contribution is 2.40. The summed E-state index contributed by atoms with van der Waals surface area (Å²) >= 11 is 1.79. The van der Waals surface area contributed by atoms with E-state index in [1.165, 1.54) is 24.1 Å². The molecule has 2 aliphatic rings. The van der Waals surface area contributed by atoms with E-state index in [2.05, 4.69) is 29.3 Å². The van der Waals surface area contributed by atoms with Crippen molar-refractivity contribution in [1.82, 2.24) is 4.90 Å². The Morgan fingerprint density at radius 1 is 1.38 bits per heavy atom. The number of rotatable bonds is 6. The molecule has 0 aliphatic heterocycles. The van der Waals surface area contributed by atoms with Gasteiger partial charge in [0.05, 0.1) is 5.92 Å². The van der Waals surface area contributed by atoms with Crippen molar-refractivity contribution in [3.63, 3.8) is 0 Å². The van der Waals surface area contributed by atoms with Crippen LogP contribution in [-0.4, -0.2) is 28.1 Å². The van der Waals surface area contributed by atoms with Crippen LogP contribution in [0.4, 0.5) is 0 Å². The summed E-state index contributed by atoms with van der Waals surface area (Å²) in [5, 5.41) is 11.7. The molecule has 0 spiro atoms. The highest BCUT2D eigenvalue weighted by Gasteiger charge is 2.43. The van der Waals surface area contributed by atoms with E-state index in [4.69, 9.17) is 0 Å². The van der Waals surface area contributed by atoms with Gasteiger partial charge in [0.25, 0.3) is 0 Å². The Morgan fingerprint density at radius 2 is 2.19 bits per heavy atom. The Balaban J connectivity index is 1.78. The first kappa shape index (κ1) is 15.0. The molecule has 21 heavy (non-hydrogen) atoms. The molecule has 4 heteroatoms. The van der Waals surface area contributed by atoms with Crippen molar-refractivity contribution >= 4 is 17.3 Å². The molecule has 3 nitrogen and oxygen atoms in total. The second kappa shape index (κ2) is 6.49. The lowest BCUT2D eigenvalue weighted by atomic mass is 9.76. The zero-order valence-corrected chi connectivity index (χ0v) is 13.5. The largest absolute Gasteiger partial charge is 0.481 e. The molecule has 1 N–H and O–H groups in total. The average Bonchev–Trinajstić information content (AvgIpc) is 3.20. The molecule has 2 aliphatic carbocycles. The van der Waals surface area contributed by atoms with Gasteiger partial charge in [-0.1, -0.05) is 19.4 Å². The minimum Gasteiger partial charge on any atom is -0.481 e. The molecule has 2 saturated carbocycles. The van der Waals surface area contributed by atoms with Crippen LogP contribution in [0.2, 0.25) is 0 Å². The summed E-state index contributed by atoms with van der Waals surface area (Å²) in [5.74, 6) is -0.0602. The van der Waals surface area contributed by atoms with E-state index in [0.717, 1.165) is 25.8 Å². The minimum atomic E-state index is -0.591. The zero-order valence-electron chi connectivity index (χ0n) is 12.7. The number of carboxylic acid groups (broad SMARTS) is 1. The fraction of sp³-hybridized carbons (Fsp3) is 0.706. The van der Waals surface area contributed by atoms with E-state index in [-0.39, 0.29) is 12.0 Å². The van der Waals surface area contributed by atoms with E-state index in [0.29, 0.717) is 12.0 Å². The Hall–Kier alpha value is -0.870. The lowest BCUT2D eigenvalue weighted by Gasteiger charge is -2.41. The van der Waals surface area contributed by atoms with Gasteiger partial charge in [-0.05, 0) is 49.5 Å². The first-order valence-electron chi connectivity index (χ1n) is 8.20. The standard InChI is InChI=1S/C17H25NO2S/c1-2-12-5-8-15(17(19)20)16(10-12)18(13-6-7-13)11-14-4-3-9-21-14/h3-4,9,12-13,15-16H,2,5-8,10-11H2,1H3,(H,19,20). The molecule has 3 rings (SSSR count). The molecule has 3 atom stereocenters. The highest BCUT2D eigenvalue weighted by atomic mass is 32.1. The van der Waals surface area contributed by atoms with Crippen molar-refractivity contribution in [1.29, 1.82) is 0 Å². The predicted molar refractivity (Wildman–Crippen MR) is 85.4 cm³/mol. The molecular formula is C17H25NO2S. The van der Waals surface area contributed by atoms with Gasteiger partial charge in [-0.3, -0.25) is 9.69 Å². The third-order valence-electron chi connectivity index (χ3n) is 5.18. The second-order valence-electron chi connectivity index (χ2n) is 6.58. The lowest BCUT2D eigenvalue weighted by Crippen LogP contribution is -2.47. The van der Waals surface area contributed by atoms with Gasteiger partial charge in [0, 0.05) is 23.5 Å². The summed E-state index contributed by atoms with van der Waals surface area (Å²) in [4.78, 5) is 15.6. The molecule has 0 bridgehead atoms. The third kappa shape index (κ3) is 3.49. The topological polar surface area (TPSA) is 40.5 Å². The number of carbonyl (C=O) groups is 1. The number of carboxylic acids is 1. The van der Waals surface area contributed by atoms with Gasteiger partial charge < -0.3 is 5.11 Å². The van der Waals surface area contributed by atoms with Gasteiger partial charge in [-0.15, -0.1) is 11.3 Å². The first-order valence-corrected chi connectivity index (χ1v) is 9.08. The van der Waals surface area contributed by atoms with E-state index in [1.807, 2.05) is 0 Å². The lowest BCUT2D eigenvalue weighted by molar-refractivity contribution is -0.146. The maximum absolute atomic E-state index is 11.7. The summed E-state index contributed by atoms with van der Waals surface area (Å²) in [6, 6.07) is 5.12. The normalized spacial score (nSPS) is 29.7. The molecule has 0 amide bonds. The summed E-state index contributed by atoms with van der Waals surface area (Å²) in [6.07, 6.45) is 6.67. The Kier molecular flexibility index (Phi) is 4.65. The number of aliphatic carboxylic acids is 1. The molecule has 2 fully saturated rings. The van der Waals surface area contributed by atoms with E-state index in [9.17, 15) is 9.90 Å². The van der Waals surface area contributed by atoms with Crippen LogP contribution in [0, 0.1) is 11.8 Å². The summed E-state index contributed by atoms with van der Waals surface area (Å²) in [7, 11) is 0. The van der Waals surface area contributed by atoms with Gasteiger partial charge in [-0.2, -0.15) is 0 Å². The second-order valence-corrected chi connectivity index (χ2v) is 7.61. The van der Waals surface area contributed by atoms with Gasteiger partial charge in [0.1, 0.15) is 0 Å². The smallest absolute Gasteiger partial charge is 0.308 e. The molecule has 1 heterocycles. The number of nitrogens with zero attached hydrogens (tertiary/aromatic N) is 1. The molecule has 0 saturated heterocycles. The van der Waals surface area contributed by atoms with Gasteiger partial charge in [0.2, 0.25) is 0 Å². The average molecular weight is 307 g/mol. The van der Waals surface area contributed by atoms with Crippen LogP contribution in [0.5, 0.6) is 0 Å². The van der Waals surface area contributed by atoms with Crippen LogP contribution in [0.1, 0.15) is 50.3 Å². The summed E-state index contributed by atoms with van der Waals surface area (Å²) in [6.45, 7) is 3.18. The van der Waals surface area contributed by atoms with Crippen molar-refractivity contribution in [3.05, 3.63) is 22.4 Å². The SMILES string of the molecule is CCC1CCC(C(=O)O)C(N(Cc2cccs2)C2CC2)C1. The number of hydrogen-bond donors (Lipinski definition) is 1. The van der Waals surface area contributed by atoms with Gasteiger partial charge >= 0.3 is 5.97 Å². The maximum Gasteiger partial charge on any atom is 0.308 e. The van der Waals surface area contributed by atoms with Crippen molar-refractivity contribution < 1.29 is 9.90 Å². The Labute approximate surface area is 131 Å². The van der Waals surface area contributed by atoms with E-state index in [1.54, 1.807) is 11.3 Å². The van der Waals surface area contributed by atoms with Crippen LogP contribution in [-0.2, 0) is 11.3 Å². The van der Waals surface area contributed by atoms with Crippen molar-refractivity contribution in [3.8, 4) is 0 Å². The van der Waals surface area contributed by atoms with E-state index < -0.39 is 5.97 Å². The van der Waals surface area contributed by atoms with Crippen LogP contribution in [0.15, 0.2) is 17.5 Å². The first-order chi connectivity index (χ1) is 10.2. The molecule has 0 radical (unpaired) electrons. The fourth-order valence-corrected chi connectivity index (χ4v) is 4.48. The number of thiophene rings is 1. The van der Waals surface area contributed by atoms with E-state index >= 15 is 0 Å². The molecular weight excluding hydrogens is 282 g/mol.